The van der Waals surface area contributed by atoms with E-state index in [4.69, 9.17) is 4.42 Å². The van der Waals surface area contributed by atoms with Crippen LogP contribution < -0.4 is 0 Å². The van der Waals surface area contributed by atoms with Crippen LogP contribution in [0.3, 0.4) is 0 Å². The van der Waals surface area contributed by atoms with Gasteiger partial charge in [0.05, 0.1) is 17.7 Å². The molecule has 0 saturated carbocycles. The molecule has 5 heteroatoms. The molecule has 1 unspecified atom stereocenters. The van der Waals surface area contributed by atoms with Crippen molar-refractivity contribution in [3.05, 3.63) is 77.5 Å². The van der Waals surface area contributed by atoms with Gasteiger partial charge in [0.15, 0.2) is 5.89 Å². The molecule has 0 aliphatic rings. The van der Waals surface area contributed by atoms with Gasteiger partial charge in [0.25, 0.3) is 0 Å². The van der Waals surface area contributed by atoms with Crippen LogP contribution >= 0.6 is 0 Å². The minimum atomic E-state index is -0.272. The molecule has 3 heterocycles. The number of oxazole rings is 1. The van der Waals surface area contributed by atoms with Crippen molar-refractivity contribution in [1.29, 1.82) is 5.26 Å². The summed E-state index contributed by atoms with van der Waals surface area (Å²) in [4.78, 5) is 13.2. The van der Waals surface area contributed by atoms with E-state index in [9.17, 15) is 5.26 Å². The van der Waals surface area contributed by atoms with Crippen molar-refractivity contribution in [1.82, 2.24) is 15.0 Å². The molecule has 0 saturated heterocycles. The molecule has 0 aliphatic heterocycles. The first kappa shape index (κ1) is 17.8. The normalized spacial score (nSPS) is 11.8. The van der Waals surface area contributed by atoms with Crippen molar-refractivity contribution < 1.29 is 4.42 Å². The van der Waals surface area contributed by atoms with E-state index in [2.05, 4.69) is 21.0 Å². The molecule has 0 amide bonds. The lowest BCUT2D eigenvalue weighted by molar-refractivity contribution is 0.486. The van der Waals surface area contributed by atoms with E-state index in [0.29, 0.717) is 18.0 Å². The monoisotopic (exact) mass is 346 g/mol. The summed E-state index contributed by atoms with van der Waals surface area (Å²) in [5, 5.41) is 9.48. The number of nitriles is 1. The Hall–Kier alpha value is -3.00. The summed E-state index contributed by atoms with van der Waals surface area (Å²) in [6, 6.07) is 12.3. The average molecular weight is 346 g/mol. The highest BCUT2D eigenvalue weighted by atomic mass is 16.3. The van der Waals surface area contributed by atoms with Crippen molar-refractivity contribution in [2.24, 2.45) is 0 Å². The average Bonchev–Trinajstić information content (AvgIpc) is 3.13. The molecule has 0 radical (unpaired) electrons. The summed E-state index contributed by atoms with van der Waals surface area (Å²) in [6.07, 6.45) is 9.26. The topological polar surface area (TPSA) is 75.6 Å². The molecule has 0 fully saturated rings. The van der Waals surface area contributed by atoms with E-state index in [1.165, 1.54) is 0 Å². The highest BCUT2D eigenvalue weighted by Gasteiger charge is 2.16. The van der Waals surface area contributed by atoms with Gasteiger partial charge in [-0.15, -0.1) is 0 Å². The molecule has 5 nitrogen and oxygen atoms in total. The number of aromatic nitrogens is 3. The molecule has 3 aromatic rings. The summed E-state index contributed by atoms with van der Waals surface area (Å²) in [6.45, 7) is 2.01. The maximum atomic E-state index is 9.48. The van der Waals surface area contributed by atoms with Crippen molar-refractivity contribution >= 4 is 0 Å². The molecule has 0 spiro atoms. The van der Waals surface area contributed by atoms with E-state index >= 15 is 0 Å². The van der Waals surface area contributed by atoms with Gasteiger partial charge < -0.3 is 4.42 Å². The fourth-order valence-electron chi connectivity index (χ4n) is 2.78. The van der Waals surface area contributed by atoms with Gasteiger partial charge in [-0.1, -0.05) is 12.1 Å². The van der Waals surface area contributed by atoms with Crippen molar-refractivity contribution in [2.75, 3.05) is 0 Å². The van der Waals surface area contributed by atoms with Gasteiger partial charge in [0, 0.05) is 30.2 Å². The molecule has 26 heavy (non-hydrogen) atoms. The second-order valence-corrected chi connectivity index (χ2v) is 6.39. The Kier molecular flexibility index (Phi) is 6.10. The molecule has 1 atom stereocenters. The molecular weight excluding hydrogens is 324 g/mol. The zero-order valence-electron chi connectivity index (χ0n) is 14.9. The Morgan fingerprint density at radius 2 is 1.96 bits per heavy atom. The summed E-state index contributed by atoms with van der Waals surface area (Å²) in [5.41, 5.74) is 3.92. The molecule has 3 rings (SSSR count). The van der Waals surface area contributed by atoms with E-state index in [1.54, 1.807) is 12.5 Å². The van der Waals surface area contributed by atoms with Crippen LogP contribution in [0.2, 0.25) is 0 Å². The van der Waals surface area contributed by atoms with Gasteiger partial charge in [0.1, 0.15) is 6.26 Å². The van der Waals surface area contributed by atoms with Crippen LogP contribution in [0.25, 0.3) is 0 Å². The Labute approximate surface area is 153 Å². The van der Waals surface area contributed by atoms with Gasteiger partial charge in [0.2, 0.25) is 0 Å². The van der Waals surface area contributed by atoms with Gasteiger partial charge in [-0.2, -0.15) is 5.26 Å². The van der Waals surface area contributed by atoms with Gasteiger partial charge in [-0.3, -0.25) is 9.97 Å². The van der Waals surface area contributed by atoms with Crippen LogP contribution in [0.4, 0.5) is 0 Å². The van der Waals surface area contributed by atoms with Gasteiger partial charge in [-0.25, -0.2) is 4.98 Å². The smallest absolute Gasteiger partial charge is 0.194 e. The highest BCUT2D eigenvalue weighted by molar-refractivity contribution is 5.16. The number of aryl methyl sites for hydroxylation is 4. The number of rotatable bonds is 8. The van der Waals surface area contributed by atoms with Crippen LogP contribution in [0.1, 0.15) is 47.3 Å². The molecular formula is C21H22N4O. The first-order valence-corrected chi connectivity index (χ1v) is 8.90. The molecule has 0 N–H and O–H groups in total. The minimum Gasteiger partial charge on any atom is -0.449 e. The zero-order valence-corrected chi connectivity index (χ0v) is 14.9. The first-order valence-electron chi connectivity index (χ1n) is 8.90. The summed E-state index contributed by atoms with van der Waals surface area (Å²) in [7, 11) is 0. The lowest BCUT2D eigenvalue weighted by Crippen LogP contribution is -2.01. The fourth-order valence-corrected chi connectivity index (χ4v) is 2.78. The molecule has 0 aliphatic carbocycles. The zero-order chi connectivity index (χ0) is 18.2. The Morgan fingerprint density at radius 1 is 1.08 bits per heavy atom. The lowest BCUT2D eigenvalue weighted by atomic mass is 10.0. The van der Waals surface area contributed by atoms with Gasteiger partial charge >= 0.3 is 0 Å². The summed E-state index contributed by atoms with van der Waals surface area (Å²) < 4.78 is 5.55. The predicted octanol–water partition coefficient (Wildman–Crippen LogP) is 4.19. The second kappa shape index (κ2) is 8.91. The van der Waals surface area contributed by atoms with E-state index in [1.807, 2.05) is 43.5 Å². The van der Waals surface area contributed by atoms with Crippen LogP contribution in [0.15, 0.2) is 53.4 Å². The van der Waals surface area contributed by atoms with Gasteiger partial charge in [-0.05, 0) is 56.4 Å². The van der Waals surface area contributed by atoms with Crippen LogP contribution in [0.5, 0.6) is 0 Å². The molecule has 0 bridgehead atoms. The maximum absolute atomic E-state index is 9.48. The third-order valence-electron chi connectivity index (χ3n) is 4.29. The van der Waals surface area contributed by atoms with E-state index < -0.39 is 0 Å². The van der Waals surface area contributed by atoms with E-state index in [0.717, 1.165) is 42.6 Å². The standard InChI is InChI=1S/C21H22N4O/c1-16-8-10-19(24-14-16)11-9-17(13-22)20-15-26-21(25-20)7-4-6-18-5-2-3-12-23-18/h2-3,5,8,10,12,14-15,17H,4,6-7,9,11H2,1H3. The number of nitrogens with zero attached hydrogens (tertiary/aromatic N) is 4. The second-order valence-electron chi connectivity index (χ2n) is 6.39. The van der Waals surface area contributed by atoms with Crippen molar-refractivity contribution in [3.8, 4) is 6.07 Å². The molecule has 0 aromatic carbocycles. The number of hydrogen-bond donors (Lipinski definition) is 0. The SMILES string of the molecule is Cc1ccc(CCC(C#N)c2coc(CCCc3ccccn3)n2)nc1. The van der Waals surface area contributed by atoms with Crippen LogP contribution in [0, 0.1) is 18.3 Å². The van der Waals surface area contributed by atoms with Crippen molar-refractivity contribution in [3.63, 3.8) is 0 Å². The van der Waals surface area contributed by atoms with Crippen molar-refractivity contribution in [2.45, 2.75) is 44.9 Å². The van der Waals surface area contributed by atoms with E-state index in [-0.39, 0.29) is 5.92 Å². The lowest BCUT2D eigenvalue weighted by Gasteiger charge is -2.05. The minimum absolute atomic E-state index is 0.272. The fraction of sp³-hybridized carbons (Fsp3) is 0.333. The Balaban J connectivity index is 1.51. The molecule has 3 aromatic heterocycles. The first-order chi connectivity index (χ1) is 12.7. The Bertz CT molecular complexity index is 850. The number of pyridine rings is 2. The largest absolute Gasteiger partial charge is 0.449 e. The quantitative estimate of drug-likeness (QED) is 0.611. The predicted molar refractivity (Wildman–Crippen MR) is 98.4 cm³/mol. The van der Waals surface area contributed by atoms with Crippen LogP contribution in [-0.4, -0.2) is 15.0 Å². The summed E-state index contributed by atoms with van der Waals surface area (Å²) in [5.74, 6) is 0.413. The number of hydrogen-bond acceptors (Lipinski definition) is 5. The summed E-state index contributed by atoms with van der Waals surface area (Å²) >= 11 is 0. The Morgan fingerprint density at radius 3 is 2.69 bits per heavy atom. The highest BCUT2D eigenvalue weighted by Crippen LogP contribution is 2.21. The third kappa shape index (κ3) is 5.00. The third-order valence-corrected chi connectivity index (χ3v) is 4.29. The maximum Gasteiger partial charge on any atom is 0.194 e. The molecule has 132 valence electrons. The van der Waals surface area contributed by atoms with Crippen LogP contribution in [-0.2, 0) is 19.3 Å².